The van der Waals surface area contributed by atoms with Crippen molar-refractivity contribution in [3.8, 4) is 0 Å². The van der Waals surface area contributed by atoms with Crippen molar-refractivity contribution in [3.63, 3.8) is 0 Å². The highest BCUT2D eigenvalue weighted by molar-refractivity contribution is 5.70. The van der Waals surface area contributed by atoms with Crippen LogP contribution in [0.15, 0.2) is 158 Å². The second-order valence-electron chi connectivity index (χ2n) is 21.6. The van der Waals surface area contributed by atoms with Crippen molar-refractivity contribution in [3.05, 3.63) is 158 Å². The largest absolute Gasteiger partial charge is 0.545 e. The lowest BCUT2D eigenvalue weighted by atomic mass is 10.1. The third-order valence-electron chi connectivity index (χ3n) is 12.8. The molecule has 0 radical (unpaired) electrons. The number of ether oxygens (including phenoxy) is 4. The predicted molar refractivity (Wildman–Crippen MR) is 342 cm³/mol. The van der Waals surface area contributed by atoms with Crippen LogP contribution in [0.25, 0.3) is 0 Å². The normalized spacial score (nSPS) is 13.8. The molecule has 0 spiro atoms. The van der Waals surface area contributed by atoms with Crippen LogP contribution in [0.1, 0.15) is 219 Å². The summed E-state index contributed by atoms with van der Waals surface area (Å²) in [6.07, 6.45) is 87.3. The van der Waals surface area contributed by atoms with Crippen LogP contribution < -0.4 is 5.11 Å². The number of quaternary nitrogens is 1. The third-order valence-corrected chi connectivity index (χ3v) is 12.8. The summed E-state index contributed by atoms with van der Waals surface area (Å²) in [7, 11) is 5.90. The topological polar surface area (TPSA) is 111 Å². The monoisotopic (exact) mass is 1120 g/mol. The van der Waals surface area contributed by atoms with E-state index in [1.807, 2.05) is 21.1 Å². The second kappa shape index (κ2) is 61.0. The Morgan fingerprint density at radius 2 is 0.667 bits per heavy atom. The Morgan fingerprint density at radius 1 is 0.370 bits per heavy atom. The number of unbranched alkanes of at least 4 members (excludes halogenated alkanes) is 15. The zero-order valence-electron chi connectivity index (χ0n) is 51.8. The summed E-state index contributed by atoms with van der Waals surface area (Å²) in [5.74, 6) is -2.32. The number of hydrogen-bond donors (Lipinski definition) is 0. The van der Waals surface area contributed by atoms with E-state index in [9.17, 15) is 19.5 Å². The van der Waals surface area contributed by atoms with Gasteiger partial charge in [-0.15, -0.1) is 0 Å². The van der Waals surface area contributed by atoms with E-state index in [-0.39, 0.29) is 38.6 Å². The standard InChI is InChI=1S/C72H115NO8/c1-6-8-10-12-14-16-18-20-22-24-25-26-27-28-29-30-31-32-33-34-35-36-37-38-39-40-41-42-43-44-45-47-49-51-53-55-57-59-61-63-70(75)81-68(67-80-72(71(76)77)78-65-64-73(3,4)5)66-79-69(74)62-60-58-56-54-52-50-48-46-23-21-19-17-15-13-11-9-7-2/h8-11,14-17,20-23,25-26,28-29,31-32,34-35,37-38,40-41,43-44,68,72H,6-7,12-13,18-19,24,27,30,33,36,39,42,45-67H2,1-5H3/b10-8-,11-9-,16-14-,17-15-,22-20-,23-21-,26-25-,29-28-,32-31-,35-34-,38-37-,41-40-,44-43-. The molecule has 0 saturated carbocycles. The molecule has 0 N–H and O–H groups in total. The summed E-state index contributed by atoms with van der Waals surface area (Å²) in [5.41, 5.74) is 0. The SMILES string of the molecule is CC/C=C\C/C=C\C/C=C\C/C=C\C/C=C\C/C=C\C/C=C\C/C=C\C/C=C\C/C=C\CCCCCCCCCCC(=O)OC(COC(=O)CCCCCCCCC/C=C\C/C=C\C/C=C\CC)COC(OCC[N+](C)(C)C)C(=O)[O-]. The van der Waals surface area contributed by atoms with Gasteiger partial charge in [0.05, 0.1) is 40.3 Å². The highest BCUT2D eigenvalue weighted by Gasteiger charge is 2.22. The molecule has 0 aromatic rings. The molecule has 9 nitrogen and oxygen atoms in total. The molecule has 2 unspecified atom stereocenters. The maximum Gasteiger partial charge on any atom is 0.306 e. The number of carbonyl (C=O) groups excluding carboxylic acids is 3. The van der Waals surface area contributed by atoms with Crippen LogP contribution in [-0.4, -0.2) is 82.3 Å². The second-order valence-corrected chi connectivity index (χ2v) is 21.6. The number of rotatable bonds is 56. The summed E-state index contributed by atoms with van der Waals surface area (Å²) in [6.45, 7) is 4.48. The van der Waals surface area contributed by atoms with Crippen molar-refractivity contribution in [2.45, 2.75) is 232 Å². The van der Waals surface area contributed by atoms with E-state index in [0.717, 1.165) is 141 Å². The van der Waals surface area contributed by atoms with E-state index in [0.29, 0.717) is 17.4 Å². The molecule has 0 heterocycles. The molecule has 0 aromatic heterocycles. The van der Waals surface area contributed by atoms with E-state index in [1.54, 1.807) is 0 Å². The van der Waals surface area contributed by atoms with Gasteiger partial charge in [0.1, 0.15) is 13.2 Å². The Hall–Kier alpha value is -5.09. The predicted octanol–water partition coefficient (Wildman–Crippen LogP) is 18.0. The molecule has 0 rings (SSSR count). The minimum Gasteiger partial charge on any atom is -0.545 e. The molecule has 9 heteroatoms. The Balaban J connectivity index is 4.21. The molecule has 0 saturated heterocycles. The molecule has 0 aliphatic carbocycles. The van der Waals surface area contributed by atoms with Crippen molar-refractivity contribution in [2.24, 2.45) is 0 Å². The van der Waals surface area contributed by atoms with Crippen LogP contribution in [0.5, 0.6) is 0 Å². The summed E-state index contributed by atoms with van der Waals surface area (Å²) in [6, 6.07) is 0. The van der Waals surface area contributed by atoms with Crippen LogP contribution >= 0.6 is 0 Å². The fraction of sp³-hybridized carbons (Fsp3) is 0.597. The molecule has 0 fully saturated rings. The number of allylic oxidation sites excluding steroid dienone is 26. The average molecular weight is 1120 g/mol. The van der Waals surface area contributed by atoms with Crippen molar-refractivity contribution in [1.82, 2.24) is 0 Å². The van der Waals surface area contributed by atoms with Gasteiger partial charge in [-0.3, -0.25) is 9.59 Å². The summed E-state index contributed by atoms with van der Waals surface area (Å²) < 4.78 is 22.7. The lowest BCUT2D eigenvalue weighted by Crippen LogP contribution is -2.44. The van der Waals surface area contributed by atoms with Gasteiger partial charge in [0.2, 0.25) is 0 Å². The maximum atomic E-state index is 12.9. The molecule has 81 heavy (non-hydrogen) atoms. The molecule has 0 aromatic carbocycles. The molecule has 0 bridgehead atoms. The van der Waals surface area contributed by atoms with Crippen LogP contribution in [-0.2, 0) is 33.3 Å². The van der Waals surface area contributed by atoms with Gasteiger partial charge in [0.25, 0.3) is 0 Å². The van der Waals surface area contributed by atoms with E-state index >= 15 is 0 Å². The smallest absolute Gasteiger partial charge is 0.306 e. The van der Waals surface area contributed by atoms with Gasteiger partial charge in [-0.2, -0.15) is 0 Å². The van der Waals surface area contributed by atoms with Gasteiger partial charge in [-0.1, -0.05) is 242 Å². The van der Waals surface area contributed by atoms with Crippen LogP contribution in [0.3, 0.4) is 0 Å². The number of esters is 2. The zero-order chi connectivity index (χ0) is 59.1. The highest BCUT2D eigenvalue weighted by atomic mass is 16.7. The summed E-state index contributed by atoms with van der Waals surface area (Å²) in [5, 5.41) is 11.8. The van der Waals surface area contributed by atoms with Gasteiger partial charge in [-0.05, 0) is 122 Å². The minimum absolute atomic E-state index is 0.136. The molecular weight excluding hydrogens is 1010 g/mol. The molecule has 0 aliphatic rings. The quantitative estimate of drug-likeness (QED) is 0.0195. The summed E-state index contributed by atoms with van der Waals surface area (Å²) >= 11 is 0. The molecular formula is C72H115NO8. The number of carboxylic acid groups (broad SMARTS) is 1. The first-order valence-electron chi connectivity index (χ1n) is 31.6. The fourth-order valence-electron chi connectivity index (χ4n) is 7.99. The van der Waals surface area contributed by atoms with Crippen molar-refractivity contribution in [2.75, 3.05) is 47.5 Å². The van der Waals surface area contributed by atoms with Crippen molar-refractivity contribution in [1.29, 1.82) is 0 Å². The highest BCUT2D eigenvalue weighted by Crippen LogP contribution is 2.14. The Bertz CT molecular complexity index is 1880. The van der Waals surface area contributed by atoms with E-state index < -0.39 is 24.3 Å². The zero-order valence-corrected chi connectivity index (χ0v) is 51.8. The lowest BCUT2D eigenvalue weighted by molar-refractivity contribution is -0.870. The first kappa shape index (κ1) is 75.9. The number of carboxylic acids is 1. The first-order chi connectivity index (χ1) is 39.6. The van der Waals surface area contributed by atoms with E-state index in [4.69, 9.17) is 18.9 Å². The number of aliphatic carboxylic acids is 1. The Labute approximate surface area is 495 Å². The Kier molecular flexibility index (Phi) is 57.2. The number of carbonyl (C=O) groups is 3. The van der Waals surface area contributed by atoms with Gasteiger partial charge < -0.3 is 33.3 Å². The third kappa shape index (κ3) is 62.4. The van der Waals surface area contributed by atoms with Gasteiger partial charge in [0, 0.05) is 12.8 Å². The van der Waals surface area contributed by atoms with Crippen LogP contribution in [0.4, 0.5) is 0 Å². The van der Waals surface area contributed by atoms with Gasteiger partial charge >= 0.3 is 11.9 Å². The van der Waals surface area contributed by atoms with Gasteiger partial charge in [0.15, 0.2) is 12.4 Å². The van der Waals surface area contributed by atoms with E-state index in [1.165, 1.54) is 44.9 Å². The lowest BCUT2D eigenvalue weighted by Gasteiger charge is -2.26. The van der Waals surface area contributed by atoms with E-state index in [2.05, 4.69) is 172 Å². The molecule has 0 aliphatic heterocycles. The Morgan fingerprint density at radius 3 is 0.988 bits per heavy atom. The average Bonchev–Trinajstić information content (AvgIpc) is 3.44. The first-order valence-corrected chi connectivity index (χ1v) is 31.6. The number of hydrogen-bond acceptors (Lipinski definition) is 8. The fourth-order valence-corrected chi connectivity index (χ4v) is 7.99. The van der Waals surface area contributed by atoms with Gasteiger partial charge in [-0.25, -0.2) is 0 Å². The molecule has 0 amide bonds. The molecule has 456 valence electrons. The van der Waals surface area contributed by atoms with Crippen LogP contribution in [0.2, 0.25) is 0 Å². The summed E-state index contributed by atoms with van der Waals surface area (Å²) in [4.78, 5) is 37.3. The molecule has 2 atom stereocenters. The van der Waals surface area contributed by atoms with Crippen molar-refractivity contribution >= 4 is 17.9 Å². The van der Waals surface area contributed by atoms with Crippen LogP contribution in [0, 0.1) is 0 Å². The number of likely N-dealkylation sites (N-methyl/N-ethyl adjacent to an activating group) is 1. The minimum atomic E-state index is -1.64. The number of nitrogens with zero attached hydrogens (tertiary/aromatic N) is 1. The van der Waals surface area contributed by atoms with Crippen molar-refractivity contribution < 1.29 is 42.9 Å². The maximum absolute atomic E-state index is 12.9.